The highest BCUT2D eigenvalue weighted by atomic mass is 16.5. The maximum atomic E-state index is 14.0. The van der Waals surface area contributed by atoms with Crippen molar-refractivity contribution in [2.75, 3.05) is 98.2 Å². The van der Waals surface area contributed by atoms with E-state index >= 15 is 0 Å². The molecule has 8 nitrogen and oxygen atoms in total. The Morgan fingerprint density at radius 2 is 0.554 bits per heavy atom. The Morgan fingerprint density at radius 3 is 0.880 bits per heavy atom. The van der Waals surface area contributed by atoms with Crippen molar-refractivity contribution in [3.8, 4) is 0 Å². The number of carbonyl (C=O) groups is 2. The van der Waals surface area contributed by atoms with Gasteiger partial charge in [0.25, 0.3) is 0 Å². The van der Waals surface area contributed by atoms with Crippen LogP contribution in [0.4, 0.5) is 0 Å². The summed E-state index contributed by atoms with van der Waals surface area (Å²) in [6, 6.07) is 0. The normalized spacial score (nSPS) is 13.2. The van der Waals surface area contributed by atoms with E-state index in [4.69, 9.17) is 4.74 Å². The first kappa shape index (κ1) is 79.8. The smallest absolute Gasteiger partial charge is 0.305 e. The minimum Gasteiger partial charge on any atom is -0.466 e. The van der Waals surface area contributed by atoms with Crippen LogP contribution in [0.3, 0.4) is 0 Å². The zero-order valence-corrected chi connectivity index (χ0v) is 57.5. The fourth-order valence-electron chi connectivity index (χ4n) is 12.8. The van der Waals surface area contributed by atoms with Gasteiger partial charge in [0.1, 0.15) is 0 Å². The predicted octanol–water partition coefficient (Wildman–Crippen LogP) is 21.4. The largest absolute Gasteiger partial charge is 0.466 e. The summed E-state index contributed by atoms with van der Waals surface area (Å²) in [6.07, 6.45) is 71.0. The molecule has 0 N–H and O–H groups in total. The average molecular weight is 1170 g/mol. The van der Waals surface area contributed by atoms with Crippen molar-refractivity contribution in [1.82, 2.24) is 24.5 Å². The predicted molar refractivity (Wildman–Crippen MR) is 366 cm³/mol. The zero-order chi connectivity index (χ0) is 59.8. The summed E-state index contributed by atoms with van der Waals surface area (Å²) >= 11 is 0. The second-order valence-corrected chi connectivity index (χ2v) is 26.8. The molecule has 0 aromatic carbocycles. The van der Waals surface area contributed by atoms with Crippen molar-refractivity contribution in [2.45, 2.75) is 375 Å². The third-order valence-corrected chi connectivity index (χ3v) is 18.7. The third kappa shape index (κ3) is 55.8. The van der Waals surface area contributed by atoms with Crippen LogP contribution >= 0.6 is 0 Å². The first-order valence-electron chi connectivity index (χ1n) is 38.3. The van der Waals surface area contributed by atoms with Crippen molar-refractivity contribution in [2.24, 2.45) is 0 Å². The van der Waals surface area contributed by atoms with E-state index in [1.807, 2.05) is 0 Å². The highest BCUT2D eigenvalue weighted by Gasteiger charge is 2.23. The molecule has 0 radical (unpaired) electrons. The molecule has 1 aliphatic rings. The number of nitrogens with zero attached hydrogens (tertiary/aromatic N) is 5. The molecule has 0 saturated carbocycles. The number of carbonyl (C=O) groups excluding carboxylic acids is 2. The molecule has 0 aromatic rings. The molecule has 0 spiro atoms. The highest BCUT2D eigenvalue weighted by molar-refractivity contribution is 5.78. The number of piperazine rings is 1. The lowest BCUT2D eigenvalue weighted by molar-refractivity contribution is -0.143. The monoisotopic (exact) mass is 1170 g/mol. The van der Waals surface area contributed by atoms with Crippen molar-refractivity contribution in [3.63, 3.8) is 0 Å². The number of amides is 1. The number of ether oxygens (including phenoxy) is 1. The lowest BCUT2D eigenvalue weighted by Crippen LogP contribution is -2.52. The van der Waals surface area contributed by atoms with E-state index in [2.05, 4.69) is 59.1 Å². The minimum absolute atomic E-state index is 0.0444. The van der Waals surface area contributed by atoms with Crippen molar-refractivity contribution in [3.05, 3.63) is 0 Å². The molecule has 1 aliphatic heterocycles. The van der Waals surface area contributed by atoms with Gasteiger partial charge in [-0.05, 0) is 77.7 Å². The molecule has 83 heavy (non-hydrogen) atoms. The molecule has 0 bridgehead atoms. The topological polar surface area (TPSA) is 59.6 Å². The quantitative estimate of drug-likeness (QED) is 0.0444. The Hall–Kier alpha value is -1.22. The van der Waals surface area contributed by atoms with Gasteiger partial charge in [-0.25, -0.2) is 0 Å². The molecule has 8 heteroatoms. The van der Waals surface area contributed by atoms with Crippen LogP contribution in [-0.2, 0) is 14.3 Å². The first-order valence-corrected chi connectivity index (χ1v) is 38.3. The van der Waals surface area contributed by atoms with Crippen molar-refractivity contribution >= 4 is 11.9 Å². The molecule has 1 rings (SSSR count). The molecule has 0 unspecified atom stereocenters. The van der Waals surface area contributed by atoms with Crippen LogP contribution < -0.4 is 0 Å². The van der Waals surface area contributed by atoms with Crippen LogP contribution in [0.2, 0.25) is 0 Å². The molecule has 1 fully saturated rings. The molecular weight excluding hydrogens is 1020 g/mol. The Balaban J connectivity index is 2.83. The standard InChI is InChI=1S/C75H151N5O3/c1-6-11-16-20-24-28-32-35-39-42-46-52-59-76(60-53-47-43-40-36-33-29-25-21-17-12-7-2)64-65-77(61-54-48-44-41-37-34-30-26-22-18-13-8-3)66-67-78-68-70-80(71-69-78)74(81)73-79(62-55-49-45-38-31-27-23-19-14-9-4)63-56-50-51-58-75(82)83-72-57-15-10-5/h6-73H2,1-5H3. The number of unbranched alkanes of at least 4 members (excludes halogenated alkanes) is 46. The van der Waals surface area contributed by atoms with E-state index in [0.717, 1.165) is 90.9 Å². The van der Waals surface area contributed by atoms with Gasteiger partial charge in [0.2, 0.25) is 5.91 Å². The summed E-state index contributed by atoms with van der Waals surface area (Å²) in [5.74, 6) is 0.277. The van der Waals surface area contributed by atoms with E-state index in [1.54, 1.807) is 0 Å². The average Bonchev–Trinajstić information content (AvgIpc) is 3.51. The zero-order valence-electron chi connectivity index (χ0n) is 57.5. The SMILES string of the molecule is CCCCCCCCCCCCCCN(CCCCCCCCCCCCCC)CCN(CCCCCCCCCCCCCC)CCN1CCN(C(=O)CN(CCCCCCCCCCCC)CCCCCC(=O)OCCCCC)CC1. The Bertz CT molecular complexity index is 1270. The Morgan fingerprint density at radius 1 is 0.289 bits per heavy atom. The first-order chi connectivity index (χ1) is 41.0. The third-order valence-electron chi connectivity index (χ3n) is 18.7. The maximum Gasteiger partial charge on any atom is 0.305 e. The van der Waals surface area contributed by atoms with Crippen LogP contribution in [-0.4, -0.2) is 135 Å². The number of rotatable bonds is 68. The molecule has 1 amide bonds. The summed E-state index contributed by atoms with van der Waals surface area (Å²) in [4.78, 5) is 39.4. The molecular formula is C75H151N5O3. The van der Waals surface area contributed by atoms with Gasteiger partial charge in [-0.1, -0.05) is 324 Å². The van der Waals surface area contributed by atoms with E-state index in [1.165, 1.54) is 328 Å². The summed E-state index contributed by atoms with van der Waals surface area (Å²) in [5, 5.41) is 0. The summed E-state index contributed by atoms with van der Waals surface area (Å²) in [7, 11) is 0. The maximum absolute atomic E-state index is 14.0. The highest BCUT2D eigenvalue weighted by Crippen LogP contribution is 2.18. The van der Waals surface area contributed by atoms with Crippen LogP contribution in [0.1, 0.15) is 375 Å². The van der Waals surface area contributed by atoms with Crippen molar-refractivity contribution in [1.29, 1.82) is 0 Å². The molecule has 494 valence electrons. The fourth-order valence-corrected chi connectivity index (χ4v) is 12.8. The summed E-state index contributed by atoms with van der Waals surface area (Å²) in [5.41, 5.74) is 0. The van der Waals surface area contributed by atoms with Gasteiger partial charge in [0, 0.05) is 58.8 Å². The Kier molecular flexibility index (Phi) is 62.7. The van der Waals surface area contributed by atoms with Crippen molar-refractivity contribution < 1.29 is 14.3 Å². The van der Waals surface area contributed by atoms with Crippen LogP contribution in [0.5, 0.6) is 0 Å². The molecule has 0 aliphatic carbocycles. The lowest BCUT2D eigenvalue weighted by Gasteiger charge is -2.37. The van der Waals surface area contributed by atoms with Gasteiger partial charge in [-0.3, -0.25) is 19.4 Å². The van der Waals surface area contributed by atoms with Crippen LogP contribution in [0.15, 0.2) is 0 Å². The van der Waals surface area contributed by atoms with E-state index in [0.29, 0.717) is 25.5 Å². The van der Waals surface area contributed by atoms with Gasteiger partial charge in [0.15, 0.2) is 0 Å². The van der Waals surface area contributed by atoms with E-state index < -0.39 is 0 Å². The number of hydrogen-bond acceptors (Lipinski definition) is 7. The van der Waals surface area contributed by atoms with Gasteiger partial charge in [0.05, 0.1) is 13.2 Å². The summed E-state index contributed by atoms with van der Waals surface area (Å²) in [6.45, 7) is 26.7. The van der Waals surface area contributed by atoms with Gasteiger partial charge >= 0.3 is 5.97 Å². The van der Waals surface area contributed by atoms with Crippen LogP contribution in [0, 0.1) is 0 Å². The molecule has 1 saturated heterocycles. The Labute approximate surface area is 521 Å². The number of hydrogen-bond donors (Lipinski definition) is 0. The van der Waals surface area contributed by atoms with E-state index in [-0.39, 0.29) is 5.97 Å². The van der Waals surface area contributed by atoms with Gasteiger partial charge in [-0.15, -0.1) is 0 Å². The lowest BCUT2D eigenvalue weighted by atomic mass is 10.0. The second kappa shape index (κ2) is 65.2. The number of esters is 1. The second-order valence-electron chi connectivity index (χ2n) is 26.8. The fraction of sp³-hybridized carbons (Fsp3) is 0.973. The molecule has 0 atom stereocenters. The van der Waals surface area contributed by atoms with Gasteiger partial charge in [-0.2, -0.15) is 0 Å². The van der Waals surface area contributed by atoms with Crippen LogP contribution in [0.25, 0.3) is 0 Å². The van der Waals surface area contributed by atoms with E-state index in [9.17, 15) is 9.59 Å². The summed E-state index contributed by atoms with van der Waals surface area (Å²) < 4.78 is 5.47. The minimum atomic E-state index is -0.0444. The molecule has 0 aromatic heterocycles. The molecule has 1 heterocycles. The van der Waals surface area contributed by atoms with Gasteiger partial charge < -0.3 is 19.4 Å².